The molecule has 0 saturated carbocycles. The van der Waals surface area contributed by atoms with Crippen LogP contribution in [-0.4, -0.2) is 36.4 Å². The molecule has 1 heterocycles. The minimum absolute atomic E-state index is 0.00102. The summed E-state index contributed by atoms with van der Waals surface area (Å²) in [5.74, 6) is 0.769. The fraction of sp³-hybridized carbons (Fsp3) is 0.462. The number of piperidine rings is 1. The largest absolute Gasteiger partial charge is 0.427 e. The van der Waals surface area contributed by atoms with Crippen molar-refractivity contribution in [3.05, 3.63) is 65.7 Å². The van der Waals surface area contributed by atoms with E-state index < -0.39 is 0 Å². The molecule has 3 atom stereocenters. The Labute approximate surface area is 185 Å². The quantitative estimate of drug-likeness (QED) is 0.528. The number of hydrogen-bond acceptors (Lipinski definition) is 4. The van der Waals surface area contributed by atoms with Gasteiger partial charge in [-0.15, -0.1) is 0 Å². The summed E-state index contributed by atoms with van der Waals surface area (Å²) in [5, 5.41) is 3.10. The molecular weight excluding hydrogens is 388 g/mol. The maximum Gasteiger partial charge on any atom is 0.308 e. The molecule has 2 aromatic carbocycles. The fourth-order valence-corrected chi connectivity index (χ4v) is 4.59. The van der Waals surface area contributed by atoms with E-state index in [0.29, 0.717) is 11.7 Å². The van der Waals surface area contributed by atoms with E-state index in [4.69, 9.17) is 4.74 Å². The van der Waals surface area contributed by atoms with Crippen molar-refractivity contribution in [3.63, 3.8) is 0 Å². The van der Waals surface area contributed by atoms with Crippen LogP contribution in [0.1, 0.15) is 57.7 Å². The molecule has 0 bridgehead atoms. The number of likely N-dealkylation sites (tertiary alicyclic amines) is 1. The van der Waals surface area contributed by atoms with Gasteiger partial charge in [-0.05, 0) is 54.0 Å². The van der Waals surface area contributed by atoms with Gasteiger partial charge in [-0.25, -0.2) is 0 Å². The van der Waals surface area contributed by atoms with Crippen LogP contribution in [0.5, 0.6) is 5.75 Å². The molecule has 1 saturated heterocycles. The molecule has 2 aromatic rings. The number of carbonyl (C=O) groups excluding carboxylic acids is 2. The first kappa shape index (κ1) is 23.0. The lowest BCUT2D eigenvalue weighted by Gasteiger charge is -2.45. The lowest BCUT2D eigenvalue weighted by molar-refractivity contribution is -0.131. The molecule has 5 heteroatoms. The van der Waals surface area contributed by atoms with E-state index in [2.05, 4.69) is 42.3 Å². The van der Waals surface area contributed by atoms with Gasteiger partial charge in [0.05, 0.1) is 6.04 Å². The number of amides is 1. The van der Waals surface area contributed by atoms with Gasteiger partial charge < -0.3 is 15.0 Å². The van der Waals surface area contributed by atoms with E-state index in [1.807, 2.05) is 36.4 Å². The van der Waals surface area contributed by atoms with Crippen molar-refractivity contribution < 1.29 is 14.3 Å². The average molecular weight is 423 g/mol. The van der Waals surface area contributed by atoms with Crippen LogP contribution in [0.4, 0.5) is 0 Å². The zero-order valence-electron chi connectivity index (χ0n) is 19.1. The van der Waals surface area contributed by atoms with E-state index in [0.717, 1.165) is 38.0 Å². The van der Waals surface area contributed by atoms with Gasteiger partial charge in [0, 0.05) is 26.9 Å². The van der Waals surface area contributed by atoms with Crippen molar-refractivity contribution in [3.8, 4) is 5.75 Å². The van der Waals surface area contributed by atoms with Crippen LogP contribution in [0, 0.1) is 5.92 Å². The van der Waals surface area contributed by atoms with Gasteiger partial charge in [0.1, 0.15) is 5.75 Å². The summed E-state index contributed by atoms with van der Waals surface area (Å²) < 4.78 is 5.30. The minimum atomic E-state index is -0.294. The van der Waals surface area contributed by atoms with Gasteiger partial charge in [-0.2, -0.15) is 0 Å². The molecule has 1 aliphatic rings. The minimum Gasteiger partial charge on any atom is -0.427 e. The summed E-state index contributed by atoms with van der Waals surface area (Å²) in [4.78, 5) is 25.5. The number of esters is 1. The van der Waals surface area contributed by atoms with E-state index in [9.17, 15) is 9.59 Å². The number of ether oxygens (including phenoxy) is 1. The fourth-order valence-electron chi connectivity index (χ4n) is 4.59. The van der Waals surface area contributed by atoms with Crippen LogP contribution in [0.2, 0.25) is 0 Å². The SMILES string of the molecule is CC(=O)NC(CCN1CCC(C)(c2cccc(OC(C)=O)c2)C(C)C1)c1ccccc1. The Balaban J connectivity index is 1.64. The number of nitrogens with one attached hydrogen (secondary N) is 1. The summed E-state index contributed by atoms with van der Waals surface area (Å²) in [6.07, 6.45) is 1.92. The molecule has 3 rings (SSSR count). The monoisotopic (exact) mass is 422 g/mol. The zero-order valence-corrected chi connectivity index (χ0v) is 19.1. The first-order chi connectivity index (χ1) is 14.8. The third-order valence-corrected chi connectivity index (χ3v) is 6.64. The maximum absolute atomic E-state index is 11.7. The summed E-state index contributed by atoms with van der Waals surface area (Å²) in [6, 6.07) is 18.2. The van der Waals surface area contributed by atoms with Crippen molar-refractivity contribution in [2.24, 2.45) is 5.92 Å². The van der Waals surface area contributed by atoms with Gasteiger partial charge in [0.15, 0.2) is 0 Å². The molecule has 0 spiro atoms. The lowest BCUT2D eigenvalue weighted by Crippen LogP contribution is -2.48. The molecule has 1 aliphatic heterocycles. The molecule has 166 valence electrons. The van der Waals surface area contributed by atoms with Crippen molar-refractivity contribution in [2.45, 2.75) is 52.0 Å². The number of benzene rings is 2. The van der Waals surface area contributed by atoms with Gasteiger partial charge >= 0.3 is 5.97 Å². The zero-order chi connectivity index (χ0) is 22.4. The van der Waals surface area contributed by atoms with E-state index >= 15 is 0 Å². The van der Waals surface area contributed by atoms with E-state index in [1.165, 1.54) is 12.5 Å². The van der Waals surface area contributed by atoms with Crippen LogP contribution in [-0.2, 0) is 15.0 Å². The molecule has 0 radical (unpaired) electrons. The third-order valence-electron chi connectivity index (χ3n) is 6.64. The average Bonchev–Trinajstić information content (AvgIpc) is 2.73. The number of rotatable bonds is 7. The molecule has 31 heavy (non-hydrogen) atoms. The van der Waals surface area contributed by atoms with Crippen LogP contribution in [0.3, 0.4) is 0 Å². The first-order valence-electron chi connectivity index (χ1n) is 11.1. The Bertz CT molecular complexity index is 899. The second-order valence-corrected chi connectivity index (χ2v) is 8.94. The predicted octanol–water partition coefficient (Wildman–Crippen LogP) is 4.48. The van der Waals surface area contributed by atoms with Gasteiger partial charge in [0.2, 0.25) is 5.91 Å². The van der Waals surface area contributed by atoms with Gasteiger partial charge in [0.25, 0.3) is 0 Å². The number of carbonyl (C=O) groups is 2. The highest BCUT2D eigenvalue weighted by molar-refractivity contribution is 5.73. The Morgan fingerprint density at radius 2 is 1.90 bits per heavy atom. The first-order valence-corrected chi connectivity index (χ1v) is 11.1. The van der Waals surface area contributed by atoms with Crippen molar-refractivity contribution in [1.29, 1.82) is 0 Å². The van der Waals surface area contributed by atoms with Gasteiger partial charge in [-0.1, -0.05) is 56.3 Å². The normalized spacial score (nSPS) is 22.5. The van der Waals surface area contributed by atoms with Crippen LogP contribution >= 0.6 is 0 Å². The highest BCUT2D eigenvalue weighted by atomic mass is 16.5. The van der Waals surface area contributed by atoms with Crippen molar-refractivity contribution in [1.82, 2.24) is 10.2 Å². The smallest absolute Gasteiger partial charge is 0.308 e. The van der Waals surface area contributed by atoms with Crippen LogP contribution in [0.15, 0.2) is 54.6 Å². The number of nitrogens with zero attached hydrogens (tertiary/aromatic N) is 1. The highest BCUT2D eigenvalue weighted by Gasteiger charge is 2.38. The van der Waals surface area contributed by atoms with Gasteiger partial charge in [-0.3, -0.25) is 9.59 Å². The van der Waals surface area contributed by atoms with Crippen LogP contribution in [0.25, 0.3) is 0 Å². The Hall–Kier alpha value is -2.66. The highest BCUT2D eigenvalue weighted by Crippen LogP contribution is 2.40. The molecule has 0 aromatic heterocycles. The molecule has 3 unspecified atom stereocenters. The van der Waals surface area contributed by atoms with E-state index in [-0.39, 0.29) is 23.3 Å². The predicted molar refractivity (Wildman–Crippen MR) is 123 cm³/mol. The molecule has 1 amide bonds. The Morgan fingerprint density at radius 3 is 2.55 bits per heavy atom. The topological polar surface area (TPSA) is 58.6 Å². The molecule has 1 fully saturated rings. The molecule has 0 aliphatic carbocycles. The van der Waals surface area contributed by atoms with Crippen LogP contribution < -0.4 is 10.1 Å². The second-order valence-electron chi connectivity index (χ2n) is 8.94. The summed E-state index contributed by atoms with van der Waals surface area (Å²) in [5.41, 5.74) is 2.40. The molecule has 5 nitrogen and oxygen atoms in total. The lowest BCUT2D eigenvalue weighted by atomic mass is 9.68. The molecular formula is C26H34N2O3. The van der Waals surface area contributed by atoms with E-state index in [1.54, 1.807) is 6.92 Å². The second kappa shape index (κ2) is 10.1. The van der Waals surface area contributed by atoms with Crippen molar-refractivity contribution >= 4 is 11.9 Å². The standard InChI is InChI=1S/C26H34N2O3/c1-19-18-28(15-13-25(27-20(2)29)22-9-6-5-7-10-22)16-14-26(19,4)23-11-8-12-24(17-23)31-21(3)30/h5-12,17,19,25H,13-16,18H2,1-4H3,(H,27,29). The maximum atomic E-state index is 11.7. The summed E-state index contributed by atoms with van der Waals surface area (Å²) >= 11 is 0. The van der Waals surface area contributed by atoms with Crippen molar-refractivity contribution in [2.75, 3.05) is 19.6 Å². The summed E-state index contributed by atoms with van der Waals surface area (Å²) in [6.45, 7) is 10.6. The third kappa shape index (κ3) is 5.95. The summed E-state index contributed by atoms with van der Waals surface area (Å²) in [7, 11) is 0. The number of hydrogen-bond donors (Lipinski definition) is 1. The Kier molecular flexibility index (Phi) is 7.50. The molecule has 1 N–H and O–H groups in total. The Morgan fingerprint density at radius 1 is 1.16 bits per heavy atom.